The highest BCUT2D eigenvalue weighted by molar-refractivity contribution is 6.17. The fourth-order valence-corrected chi connectivity index (χ4v) is 1.42. The number of ether oxygens (including phenoxy) is 1. The molecule has 0 saturated heterocycles. The molecule has 0 spiro atoms. The van der Waals surface area contributed by atoms with Gasteiger partial charge >= 0.3 is 12.5 Å². The second-order valence-corrected chi connectivity index (χ2v) is 3.30. The SMILES string of the molecule is O=c1cc(C(F)(F)F)c(CCl)c(OC(F)(F)F)[nH]1. The highest BCUT2D eigenvalue weighted by Crippen LogP contribution is 2.36. The van der Waals surface area contributed by atoms with Crippen LogP contribution in [0.3, 0.4) is 0 Å². The van der Waals surface area contributed by atoms with Crippen LogP contribution in [0.15, 0.2) is 10.9 Å². The Hall–Kier alpha value is -1.38. The Morgan fingerprint density at radius 1 is 1.22 bits per heavy atom. The molecule has 0 unspecified atom stereocenters. The van der Waals surface area contributed by atoms with Crippen molar-refractivity contribution >= 4 is 11.6 Å². The molecule has 1 rings (SSSR count). The molecule has 1 aromatic rings. The number of pyridine rings is 1. The molecule has 0 saturated carbocycles. The van der Waals surface area contributed by atoms with Crippen molar-refractivity contribution < 1.29 is 31.1 Å². The zero-order valence-corrected chi connectivity index (χ0v) is 9.00. The Morgan fingerprint density at radius 3 is 2.17 bits per heavy atom. The molecule has 0 amide bonds. The van der Waals surface area contributed by atoms with E-state index in [2.05, 4.69) is 4.74 Å². The van der Waals surface area contributed by atoms with E-state index in [4.69, 9.17) is 11.6 Å². The second kappa shape index (κ2) is 4.71. The van der Waals surface area contributed by atoms with Crippen LogP contribution in [0, 0.1) is 0 Å². The Labute approximate surface area is 100 Å². The van der Waals surface area contributed by atoms with Gasteiger partial charge < -0.3 is 4.74 Å². The number of hydrogen-bond acceptors (Lipinski definition) is 2. The number of aromatic amines is 1. The van der Waals surface area contributed by atoms with Gasteiger partial charge in [-0.05, 0) is 0 Å². The third kappa shape index (κ3) is 3.56. The zero-order valence-electron chi connectivity index (χ0n) is 8.25. The van der Waals surface area contributed by atoms with Crippen molar-refractivity contribution in [2.24, 2.45) is 0 Å². The Kier molecular flexibility index (Phi) is 3.84. The van der Waals surface area contributed by atoms with Gasteiger partial charge in [-0.15, -0.1) is 24.8 Å². The molecular formula is C8H4ClF6NO2. The van der Waals surface area contributed by atoms with E-state index in [0.29, 0.717) is 0 Å². The van der Waals surface area contributed by atoms with Crippen molar-refractivity contribution in [1.29, 1.82) is 0 Å². The lowest BCUT2D eigenvalue weighted by Crippen LogP contribution is -2.24. The molecule has 3 nitrogen and oxygen atoms in total. The summed E-state index contributed by atoms with van der Waals surface area (Å²) in [5.74, 6) is -2.27. The van der Waals surface area contributed by atoms with Gasteiger partial charge in [0, 0.05) is 11.6 Å². The lowest BCUT2D eigenvalue weighted by molar-refractivity contribution is -0.276. The minimum atomic E-state index is -5.24. The van der Waals surface area contributed by atoms with Crippen molar-refractivity contribution in [3.63, 3.8) is 0 Å². The highest BCUT2D eigenvalue weighted by atomic mass is 35.5. The summed E-state index contributed by atoms with van der Waals surface area (Å²) < 4.78 is 76.6. The normalized spacial score (nSPS) is 12.6. The molecule has 0 aliphatic carbocycles. The van der Waals surface area contributed by atoms with Crippen LogP contribution in [0.4, 0.5) is 26.3 Å². The van der Waals surface area contributed by atoms with Gasteiger partial charge in [-0.25, -0.2) is 0 Å². The standard InChI is InChI=1S/C8H4ClF6NO2/c9-2-3-4(7(10,11)12)1-5(17)16-6(3)18-8(13,14)15/h1H,2H2,(H,16,17). The first kappa shape index (κ1) is 14.7. The number of halogens is 7. The molecule has 1 heterocycles. The molecule has 0 atom stereocenters. The maximum absolute atomic E-state index is 12.5. The van der Waals surface area contributed by atoms with Crippen LogP contribution >= 0.6 is 11.6 Å². The molecule has 0 aliphatic rings. The van der Waals surface area contributed by atoms with Crippen LogP contribution in [0.5, 0.6) is 5.88 Å². The molecule has 1 N–H and O–H groups in total. The minimum absolute atomic E-state index is 0.112. The number of aromatic nitrogens is 1. The number of hydrogen-bond donors (Lipinski definition) is 1. The van der Waals surface area contributed by atoms with E-state index in [1.165, 1.54) is 4.98 Å². The lowest BCUT2D eigenvalue weighted by Gasteiger charge is -2.15. The van der Waals surface area contributed by atoms with Gasteiger partial charge in [0.15, 0.2) is 0 Å². The summed E-state index contributed by atoms with van der Waals surface area (Å²) in [6.07, 6.45) is -10.3. The Balaban J connectivity index is 3.44. The average molecular weight is 296 g/mol. The summed E-state index contributed by atoms with van der Waals surface area (Å²) in [6, 6.07) is 0.112. The van der Waals surface area contributed by atoms with Gasteiger partial charge in [0.25, 0.3) is 5.56 Å². The van der Waals surface area contributed by atoms with Crippen molar-refractivity contribution in [3.8, 4) is 5.88 Å². The average Bonchev–Trinajstić information content (AvgIpc) is 2.12. The van der Waals surface area contributed by atoms with Crippen molar-refractivity contribution in [1.82, 2.24) is 4.98 Å². The molecule has 0 fully saturated rings. The lowest BCUT2D eigenvalue weighted by atomic mass is 10.1. The Morgan fingerprint density at radius 2 is 1.78 bits per heavy atom. The second-order valence-electron chi connectivity index (χ2n) is 3.03. The van der Waals surface area contributed by atoms with E-state index >= 15 is 0 Å². The van der Waals surface area contributed by atoms with Gasteiger partial charge in [0.1, 0.15) is 0 Å². The maximum Gasteiger partial charge on any atom is 0.574 e. The van der Waals surface area contributed by atoms with Crippen molar-refractivity contribution in [2.75, 3.05) is 0 Å². The monoisotopic (exact) mass is 295 g/mol. The van der Waals surface area contributed by atoms with Crippen LogP contribution in [-0.2, 0) is 12.1 Å². The van der Waals surface area contributed by atoms with E-state index in [-0.39, 0.29) is 6.07 Å². The van der Waals surface area contributed by atoms with Gasteiger partial charge in [-0.1, -0.05) is 0 Å². The fraction of sp³-hybridized carbons (Fsp3) is 0.375. The zero-order chi connectivity index (χ0) is 14.1. The maximum atomic E-state index is 12.5. The molecule has 0 radical (unpaired) electrons. The molecular weight excluding hydrogens is 292 g/mol. The van der Waals surface area contributed by atoms with Gasteiger partial charge in [0.05, 0.1) is 11.4 Å². The minimum Gasteiger partial charge on any atom is -0.389 e. The van der Waals surface area contributed by atoms with Gasteiger partial charge in [-0.2, -0.15) is 13.2 Å². The number of alkyl halides is 7. The van der Waals surface area contributed by atoms with Crippen molar-refractivity contribution in [3.05, 3.63) is 27.5 Å². The predicted octanol–water partition coefficient (Wildman–Crippen LogP) is 3.03. The highest BCUT2D eigenvalue weighted by Gasteiger charge is 2.38. The third-order valence-corrected chi connectivity index (χ3v) is 2.04. The molecule has 102 valence electrons. The first-order valence-electron chi connectivity index (χ1n) is 4.19. The quantitative estimate of drug-likeness (QED) is 0.673. The van der Waals surface area contributed by atoms with E-state index in [9.17, 15) is 31.1 Å². The van der Waals surface area contributed by atoms with E-state index in [1.54, 1.807) is 0 Å². The number of rotatable bonds is 2. The van der Waals surface area contributed by atoms with E-state index in [0.717, 1.165) is 0 Å². The summed E-state index contributed by atoms with van der Waals surface area (Å²) >= 11 is 5.16. The molecule has 10 heteroatoms. The largest absolute Gasteiger partial charge is 0.574 e. The molecule has 18 heavy (non-hydrogen) atoms. The fourth-order valence-electron chi connectivity index (χ4n) is 1.15. The van der Waals surface area contributed by atoms with Crippen LogP contribution in [0.25, 0.3) is 0 Å². The summed E-state index contributed by atoms with van der Waals surface area (Å²) in [4.78, 5) is 12.4. The van der Waals surface area contributed by atoms with Crippen LogP contribution in [0.2, 0.25) is 0 Å². The number of nitrogens with one attached hydrogen (secondary N) is 1. The molecule has 0 aliphatic heterocycles. The topological polar surface area (TPSA) is 42.1 Å². The summed E-state index contributed by atoms with van der Waals surface area (Å²) in [5.41, 5.74) is -3.93. The molecule has 0 aromatic carbocycles. The number of H-pyrrole nitrogens is 1. The summed E-state index contributed by atoms with van der Waals surface area (Å²) in [6.45, 7) is 0. The summed E-state index contributed by atoms with van der Waals surface area (Å²) in [7, 11) is 0. The van der Waals surface area contributed by atoms with Gasteiger partial charge in [-0.3, -0.25) is 9.78 Å². The van der Waals surface area contributed by atoms with Crippen LogP contribution in [-0.4, -0.2) is 11.3 Å². The van der Waals surface area contributed by atoms with E-state index < -0.39 is 41.0 Å². The Bertz CT molecular complexity index is 492. The van der Waals surface area contributed by atoms with Crippen molar-refractivity contribution in [2.45, 2.75) is 18.4 Å². The molecule has 1 aromatic heterocycles. The van der Waals surface area contributed by atoms with Crippen LogP contribution in [0.1, 0.15) is 11.1 Å². The first-order chi connectivity index (χ1) is 8.04. The predicted molar refractivity (Wildman–Crippen MR) is 48.3 cm³/mol. The summed E-state index contributed by atoms with van der Waals surface area (Å²) in [5, 5.41) is 0. The van der Waals surface area contributed by atoms with E-state index in [1.807, 2.05) is 0 Å². The van der Waals surface area contributed by atoms with Gasteiger partial charge in [0.2, 0.25) is 5.88 Å². The first-order valence-corrected chi connectivity index (χ1v) is 4.73. The van der Waals surface area contributed by atoms with Crippen LogP contribution < -0.4 is 10.3 Å². The third-order valence-electron chi connectivity index (χ3n) is 1.77. The smallest absolute Gasteiger partial charge is 0.389 e. The molecule has 0 bridgehead atoms.